The molecule has 5 heteroatoms. The smallest absolute Gasteiger partial charge is 0.231 e. The highest BCUT2D eigenvalue weighted by Crippen LogP contribution is 2.36. The molecule has 24 heavy (non-hydrogen) atoms. The van der Waals surface area contributed by atoms with Gasteiger partial charge in [-0.1, -0.05) is 12.1 Å². The van der Waals surface area contributed by atoms with Gasteiger partial charge >= 0.3 is 0 Å². The first-order valence-electron chi connectivity index (χ1n) is 12.2. The molecule has 2 aliphatic heterocycles. The summed E-state index contributed by atoms with van der Waals surface area (Å²) in [7, 11) is 0. The van der Waals surface area contributed by atoms with E-state index in [1.165, 1.54) is 12.1 Å². The summed E-state index contributed by atoms with van der Waals surface area (Å²) < 4.78 is 113. The molecule has 2 aromatic carbocycles. The van der Waals surface area contributed by atoms with E-state index in [2.05, 4.69) is 5.32 Å². The lowest BCUT2D eigenvalue weighted by atomic mass is 9.81. The Hall–Kier alpha value is -2.27. The Labute approximate surface area is 154 Å². The van der Waals surface area contributed by atoms with Crippen LogP contribution in [-0.2, 0) is 0 Å². The molecule has 0 radical (unpaired) electrons. The first-order valence-corrected chi connectivity index (χ1v) is 7.18. The normalized spacial score (nSPS) is 41.5. The van der Waals surface area contributed by atoms with Gasteiger partial charge in [-0.3, -0.25) is 0 Å². The van der Waals surface area contributed by atoms with E-state index in [-0.39, 0.29) is 22.8 Å². The Morgan fingerprint density at radius 2 is 2.08 bits per heavy atom. The molecule has 0 amide bonds. The fourth-order valence-corrected chi connectivity index (χ4v) is 2.29. The Bertz CT molecular complexity index is 1120. The third-order valence-corrected chi connectivity index (χ3v) is 3.44. The number of hydrogen-bond acceptors (Lipinski definition) is 4. The van der Waals surface area contributed by atoms with Crippen LogP contribution in [0.15, 0.2) is 42.5 Å². The maximum atomic E-state index is 13.6. The van der Waals surface area contributed by atoms with Crippen molar-refractivity contribution in [2.45, 2.75) is 12.3 Å². The molecule has 4 rings (SSSR count). The second kappa shape index (κ2) is 6.69. The van der Waals surface area contributed by atoms with Crippen LogP contribution in [0.3, 0.4) is 0 Å². The summed E-state index contributed by atoms with van der Waals surface area (Å²) in [6, 6.07) is 7.35. The van der Waals surface area contributed by atoms with Crippen molar-refractivity contribution < 1.29 is 32.3 Å². The van der Waals surface area contributed by atoms with E-state index < -0.39 is 50.3 Å². The standard InChI is InChI=1S/C19H20FNO3/c20-15-3-1-13(2-4-15)17-7-8-21-10-14(17)11-22-16-5-6-18-19(9-16)24-12-23-18/h1-6,9,14,17,21H,7-8,10-12H2/t14?,17-/m0/s1/i7D2,10D2,11D2,12D2,14D,17D. The highest BCUT2D eigenvalue weighted by molar-refractivity contribution is 5.46. The summed E-state index contributed by atoms with van der Waals surface area (Å²) in [6.45, 7) is -9.54. The van der Waals surface area contributed by atoms with Crippen molar-refractivity contribution in [3.63, 3.8) is 0 Å². The Balaban J connectivity index is 1.83. The van der Waals surface area contributed by atoms with Crippen LogP contribution in [0.2, 0.25) is 0 Å². The number of piperidine rings is 1. The number of fused-ring (bicyclic) bond motifs is 1. The van der Waals surface area contributed by atoms with Crippen molar-refractivity contribution >= 4 is 0 Å². The highest BCUT2D eigenvalue weighted by atomic mass is 19.1. The number of hydrogen-bond donors (Lipinski definition) is 1. The number of nitrogens with one attached hydrogen (secondary N) is 1. The SMILES string of the molecule is [2H]C1([2H])Oc2ccc(OC([2H])([2H])C3([2H])C([2H])([2H])NCC([2H])([2H])[C@@]3([2H])c3ccc(F)cc3)cc2O1. The van der Waals surface area contributed by atoms with E-state index in [4.69, 9.17) is 27.9 Å². The Morgan fingerprint density at radius 1 is 1.25 bits per heavy atom. The van der Waals surface area contributed by atoms with Crippen LogP contribution in [0.5, 0.6) is 17.2 Å². The van der Waals surface area contributed by atoms with Gasteiger partial charge in [0.1, 0.15) is 14.3 Å². The van der Waals surface area contributed by atoms with Gasteiger partial charge in [0.25, 0.3) is 0 Å². The zero-order valence-electron chi connectivity index (χ0n) is 22.4. The molecule has 0 saturated carbocycles. The first kappa shape index (κ1) is 7.74. The minimum absolute atomic E-state index is 0.00523. The fourth-order valence-electron chi connectivity index (χ4n) is 2.29. The van der Waals surface area contributed by atoms with Crippen molar-refractivity contribution in [2.75, 3.05) is 26.3 Å². The van der Waals surface area contributed by atoms with Crippen molar-refractivity contribution in [1.29, 1.82) is 0 Å². The Morgan fingerprint density at radius 3 is 2.96 bits per heavy atom. The van der Waals surface area contributed by atoms with E-state index in [9.17, 15) is 4.39 Å². The van der Waals surface area contributed by atoms with Gasteiger partial charge in [0, 0.05) is 26.7 Å². The predicted molar refractivity (Wildman–Crippen MR) is 88.2 cm³/mol. The second-order valence-electron chi connectivity index (χ2n) is 5.01. The van der Waals surface area contributed by atoms with Gasteiger partial charge < -0.3 is 19.5 Å². The summed E-state index contributed by atoms with van der Waals surface area (Å²) in [4.78, 5) is 0. The minimum Gasteiger partial charge on any atom is -0.493 e. The molecule has 126 valence electrons. The zero-order valence-corrected chi connectivity index (χ0v) is 12.4. The molecular weight excluding hydrogens is 309 g/mol. The van der Waals surface area contributed by atoms with Crippen LogP contribution < -0.4 is 19.5 Å². The number of rotatable bonds is 4. The molecule has 2 atom stereocenters. The second-order valence-corrected chi connectivity index (χ2v) is 5.01. The van der Waals surface area contributed by atoms with E-state index in [0.717, 1.165) is 30.3 Å². The average Bonchev–Trinajstić information content (AvgIpc) is 3.03. The monoisotopic (exact) mass is 339 g/mol. The molecule has 2 aromatic rings. The van der Waals surface area contributed by atoms with E-state index >= 15 is 0 Å². The number of ether oxygens (including phenoxy) is 3. The summed E-state index contributed by atoms with van der Waals surface area (Å²) in [5.74, 6) is -7.35. The third-order valence-electron chi connectivity index (χ3n) is 3.44. The van der Waals surface area contributed by atoms with E-state index in [1.807, 2.05) is 0 Å². The molecule has 1 fully saturated rings. The van der Waals surface area contributed by atoms with Gasteiger partial charge in [-0.05, 0) is 48.6 Å². The summed E-state index contributed by atoms with van der Waals surface area (Å²) >= 11 is 0. The molecule has 0 aromatic heterocycles. The molecular formula is C19H20FNO3. The fraction of sp³-hybridized carbons (Fsp3) is 0.368. The van der Waals surface area contributed by atoms with Gasteiger partial charge in [0.05, 0.1) is 9.30 Å². The van der Waals surface area contributed by atoms with Crippen molar-refractivity contribution in [3.8, 4) is 17.2 Å². The van der Waals surface area contributed by atoms with Crippen LogP contribution in [0.1, 0.15) is 31.5 Å². The zero-order chi connectivity index (χ0) is 25.4. The molecule has 2 heterocycles. The quantitative estimate of drug-likeness (QED) is 0.927. The molecule has 2 aliphatic rings. The third kappa shape index (κ3) is 3.17. The number of halogens is 1. The van der Waals surface area contributed by atoms with Gasteiger partial charge in [-0.25, -0.2) is 4.39 Å². The summed E-state index contributed by atoms with van der Waals surface area (Å²) in [5.41, 5.74) is -0.314. The molecule has 1 N–H and O–H groups in total. The Kier molecular flexibility index (Phi) is 2.16. The van der Waals surface area contributed by atoms with Crippen molar-refractivity contribution in [1.82, 2.24) is 5.32 Å². The summed E-state index contributed by atoms with van der Waals surface area (Å²) in [5, 5.41) is 2.18. The maximum Gasteiger partial charge on any atom is 0.231 e. The van der Waals surface area contributed by atoms with E-state index in [1.54, 1.807) is 0 Å². The van der Waals surface area contributed by atoms with Crippen LogP contribution in [0, 0.1) is 11.7 Å². The van der Waals surface area contributed by atoms with Gasteiger partial charge in [0.15, 0.2) is 11.5 Å². The van der Waals surface area contributed by atoms with E-state index in [0.29, 0.717) is 0 Å². The lowest BCUT2D eigenvalue weighted by molar-refractivity contribution is 0.173. The van der Waals surface area contributed by atoms with Gasteiger partial charge in [-0.2, -0.15) is 0 Å². The average molecular weight is 339 g/mol. The topological polar surface area (TPSA) is 39.7 Å². The number of benzene rings is 2. The van der Waals surface area contributed by atoms with Gasteiger partial charge in [0.2, 0.25) is 6.75 Å². The van der Waals surface area contributed by atoms with Gasteiger partial charge in [-0.15, -0.1) is 0 Å². The first-order chi connectivity index (χ1) is 15.5. The molecule has 1 unspecified atom stereocenters. The van der Waals surface area contributed by atoms with Crippen LogP contribution in [0.4, 0.5) is 4.39 Å². The van der Waals surface area contributed by atoms with Crippen LogP contribution in [-0.4, -0.2) is 26.3 Å². The van der Waals surface area contributed by atoms with Crippen molar-refractivity contribution in [3.05, 3.63) is 53.8 Å². The lowest BCUT2D eigenvalue weighted by Crippen LogP contribution is -2.38. The largest absolute Gasteiger partial charge is 0.493 e. The molecule has 0 spiro atoms. The molecule has 1 saturated heterocycles. The highest BCUT2D eigenvalue weighted by Gasteiger charge is 2.27. The predicted octanol–water partition coefficient (Wildman–Crippen LogP) is 3.33. The molecule has 0 bridgehead atoms. The van der Waals surface area contributed by atoms with Crippen LogP contribution in [0.25, 0.3) is 0 Å². The summed E-state index contributed by atoms with van der Waals surface area (Å²) in [6.07, 6.45) is -2.69. The molecule has 0 aliphatic carbocycles. The molecule has 4 nitrogen and oxygen atoms in total. The maximum absolute atomic E-state index is 13.6. The van der Waals surface area contributed by atoms with Crippen molar-refractivity contribution in [2.24, 2.45) is 5.89 Å². The minimum atomic E-state index is -3.36. The lowest BCUT2D eigenvalue weighted by Gasteiger charge is -2.32. The van der Waals surface area contributed by atoms with Crippen LogP contribution >= 0.6 is 0 Å².